The summed E-state index contributed by atoms with van der Waals surface area (Å²) < 4.78 is 0. The van der Waals surface area contributed by atoms with Crippen molar-refractivity contribution < 1.29 is 0 Å². The zero-order valence-electron chi connectivity index (χ0n) is 19.2. The fourth-order valence-corrected chi connectivity index (χ4v) is 5.42. The molecule has 1 aromatic rings. The number of nitrogens with one attached hydrogen (secondary N) is 1. The molecule has 2 aliphatic rings. The van der Waals surface area contributed by atoms with Gasteiger partial charge in [-0.25, -0.2) is 4.98 Å². The molecular formula is C25H43ClN4. The summed E-state index contributed by atoms with van der Waals surface area (Å²) >= 11 is 6.41. The van der Waals surface area contributed by atoms with E-state index in [-0.39, 0.29) is 5.41 Å². The lowest BCUT2D eigenvalue weighted by Crippen LogP contribution is -2.28. The molecule has 5 heteroatoms. The molecule has 1 heterocycles. The maximum atomic E-state index is 6.41. The second kappa shape index (κ2) is 12.8. The molecule has 4 nitrogen and oxygen atoms in total. The van der Waals surface area contributed by atoms with E-state index in [1.165, 1.54) is 109 Å². The van der Waals surface area contributed by atoms with E-state index in [2.05, 4.69) is 22.2 Å². The number of aromatic nitrogens is 3. The molecule has 2 saturated carbocycles. The lowest BCUT2D eigenvalue weighted by Gasteiger charge is -2.29. The van der Waals surface area contributed by atoms with E-state index in [1.54, 1.807) is 0 Å². The quantitative estimate of drug-likeness (QED) is 0.523. The van der Waals surface area contributed by atoms with Gasteiger partial charge in [0.2, 0.25) is 11.2 Å². The molecule has 2 aliphatic carbocycles. The summed E-state index contributed by atoms with van der Waals surface area (Å²) in [4.78, 5) is 14.0. The van der Waals surface area contributed by atoms with Crippen molar-refractivity contribution in [3.63, 3.8) is 0 Å². The van der Waals surface area contributed by atoms with Gasteiger partial charge in [-0.15, -0.1) is 0 Å². The fourth-order valence-electron chi connectivity index (χ4n) is 5.26. The number of halogens is 1. The Hall–Kier alpha value is -0.900. The van der Waals surface area contributed by atoms with Crippen LogP contribution in [0.3, 0.4) is 0 Å². The summed E-state index contributed by atoms with van der Waals surface area (Å²) in [6, 6.07) is 0.450. The molecule has 0 aliphatic heterocycles. The lowest BCUT2D eigenvalue weighted by atomic mass is 9.78. The van der Waals surface area contributed by atoms with E-state index in [1.807, 2.05) is 0 Å². The van der Waals surface area contributed by atoms with Crippen molar-refractivity contribution in [3.8, 4) is 0 Å². The van der Waals surface area contributed by atoms with Crippen LogP contribution in [0.4, 0.5) is 5.95 Å². The van der Waals surface area contributed by atoms with Crippen molar-refractivity contribution >= 4 is 17.5 Å². The SMILES string of the molecule is CC1(c2nc(Cl)nc(NC3CCCCCCCCCC3)n2)CCCCCCCCC1. The average Bonchev–Trinajstić information content (AvgIpc) is 2.79. The summed E-state index contributed by atoms with van der Waals surface area (Å²) in [5, 5.41) is 4.00. The highest BCUT2D eigenvalue weighted by Gasteiger charge is 2.30. The summed E-state index contributed by atoms with van der Waals surface area (Å²) in [6.45, 7) is 2.34. The maximum absolute atomic E-state index is 6.41. The number of nitrogens with zero attached hydrogens (tertiary/aromatic N) is 3. The first-order chi connectivity index (χ1) is 14.7. The maximum Gasteiger partial charge on any atom is 0.227 e. The Balaban J connectivity index is 1.70. The van der Waals surface area contributed by atoms with Gasteiger partial charge in [0.25, 0.3) is 0 Å². The van der Waals surface area contributed by atoms with E-state index in [4.69, 9.17) is 16.6 Å². The topological polar surface area (TPSA) is 50.7 Å². The molecule has 1 aromatic heterocycles. The second-order valence-electron chi connectivity index (χ2n) is 10.0. The Bertz CT molecular complexity index is 599. The Kier molecular flexibility index (Phi) is 10.2. The number of hydrogen-bond acceptors (Lipinski definition) is 4. The number of rotatable bonds is 3. The van der Waals surface area contributed by atoms with Crippen molar-refractivity contribution in [1.29, 1.82) is 0 Å². The van der Waals surface area contributed by atoms with Gasteiger partial charge in [-0.2, -0.15) is 9.97 Å². The Morgan fingerprint density at radius 1 is 0.667 bits per heavy atom. The average molecular weight is 435 g/mol. The van der Waals surface area contributed by atoms with Crippen LogP contribution in [-0.4, -0.2) is 21.0 Å². The van der Waals surface area contributed by atoms with Crippen molar-refractivity contribution in [2.45, 2.75) is 140 Å². The van der Waals surface area contributed by atoms with Gasteiger partial charge >= 0.3 is 0 Å². The van der Waals surface area contributed by atoms with Gasteiger partial charge in [-0.3, -0.25) is 0 Å². The molecule has 1 N–H and O–H groups in total. The first-order valence-electron chi connectivity index (χ1n) is 12.8. The van der Waals surface area contributed by atoms with Crippen molar-refractivity contribution in [2.24, 2.45) is 0 Å². The predicted octanol–water partition coefficient (Wildman–Crippen LogP) is 8.00. The molecule has 0 unspecified atom stereocenters. The first kappa shape index (κ1) is 23.8. The van der Waals surface area contributed by atoms with E-state index in [9.17, 15) is 0 Å². The van der Waals surface area contributed by atoms with Gasteiger partial charge in [0.15, 0.2) is 0 Å². The minimum absolute atomic E-state index is 0.00853. The zero-order chi connectivity index (χ0) is 21.1. The molecule has 3 rings (SSSR count). The van der Waals surface area contributed by atoms with Crippen LogP contribution in [0.15, 0.2) is 0 Å². The fraction of sp³-hybridized carbons (Fsp3) is 0.880. The Morgan fingerprint density at radius 2 is 1.13 bits per heavy atom. The zero-order valence-corrected chi connectivity index (χ0v) is 20.0. The number of anilines is 1. The highest BCUT2D eigenvalue weighted by atomic mass is 35.5. The highest BCUT2D eigenvalue weighted by molar-refractivity contribution is 6.28. The summed E-state index contributed by atoms with van der Waals surface area (Å²) in [5.41, 5.74) is 0.00853. The van der Waals surface area contributed by atoms with Crippen LogP contribution in [-0.2, 0) is 5.41 Å². The first-order valence-corrected chi connectivity index (χ1v) is 13.2. The van der Waals surface area contributed by atoms with Crippen molar-refractivity contribution in [1.82, 2.24) is 15.0 Å². The molecule has 0 spiro atoms. The normalized spacial score (nSPS) is 23.3. The lowest BCUT2D eigenvalue weighted by molar-refractivity contribution is 0.334. The molecule has 170 valence electrons. The third kappa shape index (κ3) is 7.98. The smallest absolute Gasteiger partial charge is 0.227 e. The summed E-state index contributed by atoms with van der Waals surface area (Å²) in [5.74, 6) is 1.60. The van der Waals surface area contributed by atoms with Gasteiger partial charge in [0, 0.05) is 11.5 Å². The van der Waals surface area contributed by atoms with Crippen LogP contribution in [0.25, 0.3) is 0 Å². The minimum Gasteiger partial charge on any atom is -0.351 e. The van der Waals surface area contributed by atoms with E-state index in [0.717, 1.165) is 18.7 Å². The van der Waals surface area contributed by atoms with E-state index < -0.39 is 0 Å². The van der Waals surface area contributed by atoms with Gasteiger partial charge in [-0.05, 0) is 37.3 Å². The molecular weight excluding hydrogens is 392 g/mol. The molecule has 2 fully saturated rings. The third-order valence-corrected chi connectivity index (χ3v) is 7.46. The molecule has 0 amide bonds. The standard InChI is InChI=1S/C25H43ClN4/c1-25(19-15-11-7-4-8-12-16-20-25)22-28-23(26)30-24(29-22)27-21-17-13-9-5-2-3-6-10-14-18-21/h21H,2-20H2,1H3,(H,27,28,29,30). The van der Waals surface area contributed by atoms with Gasteiger partial charge in [-0.1, -0.05) is 103 Å². The van der Waals surface area contributed by atoms with Crippen LogP contribution < -0.4 is 5.32 Å². The Labute approximate surface area is 189 Å². The molecule has 0 atom stereocenters. The molecule has 0 bridgehead atoms. The van der Waals surface area contributed by atoms with Crippen LogP contribution in [0, 0.1) is 0 Å². The van der Waals surface area contributed by atoms with Gasteiger partial charge in [0.1, 0.15) is 5.82 Å². The van der Waals surface area contributed by atoms with E-state index in [0.29, 0.717) is 17.3 Å². The van der Waals surface area contributed by atoms with Gasteiger partial charge < -0.3 is 5.32 Å². The van der Waals surface area contributed by atoms with E-state index >= 15 is 0 Å². The third-order valence-electron chi connectivity index (χ3n) is 7.29. The second-order valence-corrected chi connectivity index (χ2v) is 10.4. The van der Waals surface area contributed by atoms with Crippen molar-refractivity contribution in [3.05, 3.63) is 11.1 Å². The van der Waals surface area contributed by atoms with Crippen LogP contribution in [0.5, 0.6) is 0 Å². The summed E-state index contributed by atoms with van der Waals surface area (Å²) in [6.07, 6.45) is 24.8. The molecule has 0 radical (unpaired) electrons. The predicted molar refractivity (Wildman–Crippen MR) is 127 cm³/mol. The van der Waals surface area contributed by atoms with Crippen LogP contribution >= 0.6 is 11.6 Å². The Morgan fingerprint density at radius 3 is 1.67 bits per heavy atom. The van der Waals surface area contributed by atoms with Crippen LogP contribution in [0.2, 0.25) is 5.28 Å². The largest absolute Gasteiger partial charge is 0.351 e. The number of hydrogen-bond donors (Lipinski definition) is 1. The molecule has 0 aromatic carbocycles. The van der Waals surface area contributed by atoms with Crippen molar-refractivity contribution in [2.75, 3.05) is 5.32 Å². The molecule has 0 saturated heterocycles. The highest BCUT2D eigenvalue weighted by Crippen LogP contribution is 2.35. The minimum atomic E-state index is 0.00853. The van der Waals surface area contributed by atoms with Crippen LogP contribution in [0.1, 0.15) is 135 Å². The monoisotopic (exact) mass is 434 g/mol. The molecule has 30 heavy (non-hydrogen) atoms. The summed E-state index contributed by atoms with van der Waals surface area (Å²) in [7, 11) is 0. The van der Waals surface area contributed by atoms with Gasteiger partial charge in [0.05, 0.1) is 0 Å².